The first kappa shape index (κ1) is 14.5. The summed E-state index contributed by atoms with van der Waals surface area (Å²) in [6.45, 7) is 4.51. The van der Waals surface area contributed by atoms with Crippen molar-refractivity contribution in [3.8, 4) is 0 Å². The highest BCUT2D eigenvalue weighted by molar-refractivity contribution is 5.95. The van der Waals surface area contributed by atoms with Gasteiger partial charge >= 0.3 is 0 Å². The average Bonchev–Trinajstić information content (AvgIpc) is 2.34. The van der Waals surface area contributed by atoms with Crippen LogP contribution in [0.5, 0.6) is 0 Å². The molecule has 1 rings (SSSR count). The molecule has 1 aliphatic rings. The standard InChI is InChI=1S/C16H28O/c1-3-4-5-6-7-8-9-16(17)15-12-10-14(2)11-13-15/h12,14H,3-11,13H2,1-2H3. The topological polar surface area (TPSA) is 17.1 Å². The summed E-state index contributed by atoms with van der Waals surface area (Å²) in [4.78, 5) is 11.9. The Morgan fingerprint density at radius 1 is 1.24 bits per heavy atom. The van der Waals surface area contributed by atoms with E-state index >= 15 is 0 Å². The number of unbranched alkanes of at least 4 members (excludes halogenated alkanes) is 5. The first-order valence-corrected chi connectivity index (χ1v) is 7.46. The maximum Gasteiger partial charge on any atom is 0.158 e. The van der Waals surface area contributed by atoms with Crippen molar-refractivity contribution in [2.45, 2.75) is 78.1 Å². The van der Waals surface area contributed by atoms with Crippen LogP contribution in [0.2, 0.25) is 0 Å². The maximum absolute atomic E-state index is 11.9. The number of carbonyl (C=O) groups is 1. The van der Waals surface area contributed by atoms with Crippen molar-refractivity contribution >= 4 is 5.78 Å². The third-order valence-corrected chi connectivity index (χ3v) is 3.79. The van der Waals surface area contributed by atoms with E-state index in [1.807, 2.05) is 0 Å². The summed E-state index contributed by atoms with van der Waals surface area (Å²) in [5.74, 6) is 1.20. The Labute approximate surface area is 107 Å². The Balaban J connectivity index is 2.09. The summed E-state index contributed by atoms with van der Waals surface area (Å²) in [6, 6.07) is 0. The molecule has 0 fully saturated rings. The molecule has 0 aromatic rings. The van der Waals surface area contributed by atoms with Gasteiger partial charge in [-0.3, -0.25) is 4.79 Å². The molecular weight excluding hydrogens is 208 g/mol. The third kappa shape index (κ3) is 6.05. The molecule has 0 aromatic heterocycles. The number of carbonyl (C=O) groups excluding carboxylic acids is 1. The predicted octanol–water partition coefficient (Wildman–Crippen LogP) is 5.05. The van der Waals surface area contributed by atoms with Crippen molar-refractivity contribution in [1.82, 2.24) is 0 Å². The highest BCUT2D eigenvalue weighted by Gasteiger charge is 2.15. The van der Waals surface area contributed by atoms with Crippen LogP contribution in [0.25, 0.3) is 0 Å². The average molecular weight is 236 g/mol. The van der Waals surface area contributed by atoms with E-state index in [4.69, 9.17) is 0 Å². The molecule has 0 saturated carbocycles. The zero-order valence-electron chi connectivity index (χ0n) is 11.6. The lowest BCUT2D eigenvalue weighted by molar-refractivity contribution is -0.115. The van der Waals surface area contributed by atoms with Gasteiger partial charge in [0.25, 0.3) is 0 Å². The molecule has 98 valence electrons. The Hall–Kier alpha value is -0.590. The predicted molar refractivity (Wildman–Crippen MR) is 74.1 cm³/mol. The minimum Gasteiger partial charge on any atom is -0.295 e. The molecule has 1 nitrogen and oxygen atoms in total. The van der Waals surface area contributed by atoms with Gasteiger partial charge in [-0.25, -0.2) is 0 Å². The fraction of sp³-hybridized carbons (Fsp3) is 0.812. The number of hydrogen-bond donors (Lipinski definition) is 0. The molecule has 0 heterocycles. The van der Waals surface area contributed by atoms with E-state index in [2.05, 4.69) is 19.9 Å². The Morgan fingerprint density at radius 2 is 1.94 bits per heavy atom. The quantitative estimate of drug-likeness (QED) is 0.539. The molecule has 0 N–H and O–H groups in total. The number of Topliss-reactive ketones (excluding diaryl/α,β-unsaturated/α-hetero) is 1. The third-order valence-electron chi connectivity index (χ3n) is 3.79. The van der Waals surface area contributed by atoms with Gasteiger partial charge in [-0.2, -0.15) is 0 Å². The number of hydrogen-bond acceptors (Lipinski definition) is 1. The van der Waals surface area contributed by atoms with Crippen LogP contribution in [-0.2, 0) is 4.79 Å². The highest BCUT2D eigenvalue weighted by atomic mass is 16.1. The number of allylic oxidation sites excluding steroid dienone is 2. The second kappa shape index (κ2) is 8.49. The van der Waals surface area contributed by atoms with Gasteiger partial charge in [-0.1, -0.05) is 52.0 Å². The molecule has 1 heteroatoms. The lowest BCUT2D eigenvalue weighted by Gasteiger charge is -2.17. The van der Waals surface area contributed by atoms with Crippen LogP contribution < -0.4 is 0 Å². The minimum atomic E-state index is 0.424. The molecule has 1 aliphatic carbocycles. The zero-order valence-corrected chi connectivity index (χ0v) is 11.6. The molecule has 1 atom stereocenters. The van der Waals surface area contributed by atoms with Gasteiger partial charge in [-0.15, -0.1) is 0 Å². The molecular formula is C16H28O. The first-order valence-electron chi connectivity index (χ1n) is 7.46. The van der Waals surface area contributed by atoms with E-state index in [1.54, 1.807) is 0 Å². The summed E-state index contributed by atoms with van der Waals surface area (Å²) in [5.41, 5.74) is 1.12. The summed E-state index contributed by atoms with van der Waals surface area (Å²) < 4.78 is 0. The van der Waals surface area contributed by atoms with Gasteiger partial charge in [0.05, 0.1) is 0 Å². The first-order chi connectivity index (χ1) is 8.24. The number of rotatable bonds is 8. The van der Waals surface area contributed by atoms with Crippen molar-refractivity contribution in [2.24, 2.45) is 5.92 Å². The van der Waals surface area contributed by atoms with Gasteiger partial charge in [0.2, 0.25) is 0 Å². The van der Waals surface area contributed by atoms with Gasteiger partial charge in [-0.05, 0) is 37.2 Å². The normalized spacial score (nSPS) is 20.1. The summed E-state index contributed by atoms with van der Waals surface area (Å²) in [5, 5.41) is 0. The van der Waals surface area contributed by atoms with Crippen molar-refractivity contribution < 1.29 is 4.79 Å². The fourth-order valence-corrected chi connectivity index (χ4v) is 2.44. The molecule has 0 aromatic carbocycles. The maximum atomic E-state index is 11.9. The van der Waals surface area contributed by atoms with Gasteiger partial charge < -0.3 is 0 Å². The Kier molecular flexibility index (Phi) is 7.23. The SMILES string of the molecule is CCCCCCCCC(=O)C1=CCC(C)CC1. The van der Waals surface area contributed by atoms with Crippen LogP contribution in [0, 0.1) is 5.92 Å². The molecule has 17 heavy (non-hydrogen) atoms. The van der Waals surface area contributed by atoms with Crippen LogP contribution in [0.3, 0.4) is 0 Å². The van der Waals surface area contributed by atoms with Crippen LogP contribution in [0.4, 0.5) is 0 Å². The van der Waals surface area contributed by atoms with Crippen molar-refractivity contribution in [3.05, 3.63) is 11.6 Å². The molecule has 0 bridgehead atoms. The summed E-state index contributed by atoms with van der Waals surface area (Å²) >= 11 is 0. The lowest BCUT2D eigenvalue weighted by Crippen LogP contribution is -2.09. The van der Waals surface area contributed by atoms with E-state index in [0.29, 0.717) is 5.78 Å². The van der Waals surface area contributed by atoms with Crippen molar-refractivity contribution in [2.75, 3.05) is 0 Å². The van der Waals surface area contributed by atoms with E-state index in [1.165, 1.54) is 38.5 Å². The second-order valence-corrected chi connectivity index (χ2v) is 5.55. The molecule has 0 spiro atoms. The molecule has 0 amide bonds. The van der Waals surface area contributed by atoms with Gasteiger partial charge in [0.1, 0.15) is 0 Å². The van der Waals surface area contributed by atoms with Crippen LogP contribution >= 0.6 is 0 Å². The van der Waals surface area contributed by atoms with Crippen LogP contribution in [0.15, 0.2) is 11.6 Å². The van der Waals surface area contributed by atoms with E-state index in [9.17, 15) is 4.79 Å². The highest BCUT2D eigenvalue weighted by Crippen LogP contribution is 2.24. The zero-order chi connectivity index (χ0) is 12.5. The Bertz CT molecular complexity index is 252. The van der Waals surface area contributed by atoms with E-state index in [0.717, 1.165) is 37.2 Å². The summed E-state index contributed by atoms with van der Waals surface area (Å²) in [6.07, 6.45) is 13.9. The minimum absolute atomic E-state index is 0.424. The molecule has 1 unspecified atom stereocenters. The second-order valence-electron chi connectivity index (χ2n) is 5.55. The van der Waals surface area contributed by atoms with Crippen molar-refractivity contribution in [1.29, 1.82) is 0 Å². The monoisotopic (exact) mass is 236 g/mol. The van der Waals surface area contributed by atoms with Gasteiger partial charge in [0.15, 0.2) is 5.78 Å². The lowest BCUT2D eigenvalue weighted by atomic mass is 9.88. The van der Waals surface area contributed by atoms with Crippen molar-refractivity contribution in [3.63, 3.8) is 0 Å². The van der Waals surface area contributed by atoms with Crippen LogP contribution in [-0.4, -0.2) is 5.78 Å². The van der Waals surface area contributed by atoms with E-state index < -0.39 is 0 Å². The number of ketones is 1. The van der Waals surface area contributed by atoms with Gasteiger partial charge in [0, 0.05) is 6.42 Å². The summed E-state index contributed by atoms with van der Waals surface area (Å²) in [7, 11) is 0. The van der Waals surface area contributed by atoms with Crippen LogP contribution in [0.1, 0.15) is 78.1 Å². The largest absolute Gasteiger partial charge is 0.295 e. The molecule has 0 aliphatic heterocycles. The van der Waals surface area contributed by atoms with E-state index in [-0.39, 0.29) is 0 Å². The molecule has 0 radical (unpaired) electrons. The molecule has 0 saturated heterocycles. The fourth-order valence-electron chi connectivity index (χ4n) is 2.44. The smallest absolute Gasteiger partial charge is 0.158 e. The Morgan fingerprint density at radius 3 is 2.59 bits per heavy atom.